The molecule has 10 heteroatoms. The fraction of sp³-hybridized carbons (Fsp3) is 1.00. The van der Waals surface area contributed by atoms with E-state index in [1.54, 1.807) is 0 Å². The second-order valence-electron chi connectivity index (χ2n) is 15.6. The summed E-state index contributed by atoms with van der Waals surface area (Å²) in [5.41, 5.74) is 0. The van der Waals surface area contributed by atoms with Crippen molar-refractivity contribution in [1.82, 2.24) is 42.5 Å². The summed E-state index contributed by atoms with van der Waals surface area (Å²) in [6, 6.07) is 0. The minimum absolute atomic E-state index is 0.306. The van der Waals surface area contributed by atoms with Gasteiger partial charge in [-0.1, -0.05) is 51.4 Å². The van der Waals surface area contributed by atoms with Crippen LogP contribution in [0.4, 0.5) is 0 Å². The lowest BCUT2D eigenvalue weighted by Crippen LogP contribution is -2.61. The molecule has 0 aromatic rings. The minimum atomic E-state index is 0.306. The van der Waals surface area contributed by atoms with Crippen LogP contribution >= 0.6 is 0 Å². The summed E-state index contributed by atoms with van der Waals surface area (Å²) in [6.45, 7) is 0. The Labute approximate surface area is 256 Å². The van der Waals surface area contributed by atoms with Crippen molar-refractivity contribution in [1.29, 1.82) is 0 Å². The maximum atomic E-state index is 7.14. The molecule has 8 atom stereocenters. The van der Waals surface area contributed by atoms with Crippen LogP contribution in [0.3, 0.4) is 0 Å². The van der Waals surface area contributed by atoms with Gasteiger partial charge in [-0.05, 0) is 98.7 Å². The van der Waals surface area contributed by atoms with Crippen LogP contribution in [0.2, 0.25) is 0 Å². The Bertz CT molecular complexity index is 723. The highest BCUT2D eigenvalue weighted by Crippen LogP contribution is 2.45. The van der Waals surface area contributed by atoms with E-state index in [1.807, 2.05) is 0 Å². The van der Waals surface area contributed by atoms with Crippen LogP contribution in [0.25, 0.3) is 0 Å². The van der Waals surface area contributed by atoms with Crippen molar-refractivity contribution in [2.24, 2.45) is 47.3 Å². The number of hydrogen-bond donors (Lipinski definition) is 9. The summed E-state index contributed by atoms with van der Waals surface area (Å²) in [5, 5.41) is 33.8. The van der Waals surface area contributed by atoms with Gasteiger partial charge in [-0.3, -0.25) is 42.5 Å². The lowest BCUT2D eigenvalue weighted by molar-refractivity contribution is 0.167. The van der Waals surface area contributed by atoms with E-state index in [0.717, 1.165) is 47.3 Å². The fourth-order valence-corrected chi connectivity index (χ4v) is 12.0. The first-order valence-electron chi connectivity index (χ1n) is 18.3. The molecule has 8 bridgehead atoms. The van der Waals surface area contributed by atoms with Crippen molar-refractivity contribution in [2.45, 2.75) is 152 Å². The highest BCUT2D eigenvalue weighted by molar-refractivity contribution is 5.95. The Morgan fingerprint density at radius 2 is 0.381 bits per heavy atom. The van der Waals surface area contributed by atoms with Gasteiger partial charge in [-0.15, -0.1) is 0 Å². The largest absolute Gasteiger partial charge is 0.442 e. The molecule has 5 heterocycles. The molecule has 5 saturated heterocycles. The smallest absolute Gasteiger partial charge is 0.141 e. The Balaban J connectivity index is 0.00000131. The molecule has 9 aliphatic rings. The van der Waals surface area contributed by atoms with Crippen LogP contribution in [-0.4, -0.2) is 64.6 Å². The average molecular weight is 601 g/mol. The molecule has 42 heavy (non-hydrogen) atoms. The standard InChI is InChI=1S/C32H56N8.H4OSi/c1-2-10-18-17(9-1)25-33-26(18)38-28-21-13-5-6-14-22(21)30(35-28)40-32-24-16-8-7-15-23(24)31(36-32)39-29-20-12-4-3-11-19(20)27(34-29)37-25;1-2/h17-40H,1-16H2;1H,2H3. The van der Waals surface area contributed by atoms with E-state index in [2.05, 4.69) is 42.5 Å². The molecule has 4 aliphatic carbocycles. The Morgan fingerprint density at radius 1 is 0.262 bits per heavy atom. The monoisotopic (exact) mass is 600 g/mol. The van der Waals surface area contributed by atoms with E-state index in [4.69, 9.17) is 4.80 Å². The molecular formula is C32H60N8OSi. The van der Waals surface area contributed by atoms with Crippen LogP contribution in [-0.2, 0) is 0 Å². The summed E-state index contributed by atoms with van der Waals surface area (Å²) >= 11 is 0. The molecular weight excluding hydrogens is 540 g/mol. The van der Waals surface area contributed by atoms with Crippen LogP contribution in [0.15, 0.2) is 0 Å². The number of hydrogen-bond acceptors (Lipinski definition) is 9. The van der Waals surface area contributed by atoms with E-state index >= 15 is 0 Å². The molecule has 9 fully saturated rings. The van der Waals surface area contributed by atoms with Gasteiger partial charge in [-0.25, -0.2) is 0 Å². The third-order valence-electron chi connectivity index (χ3n) is 13.8. The summed E-state index contributed by atoms with van der Waals surface area (Å²) in [4.78, 5) is 7.14. The molecule has 0 aromatic carbocycles. The predicted octanol–water partition coefficient (Wildman–Crippen LogP) is 0.865. The molecule has 0 amide bonds. The van der Waals surface area contributed by atoms with Gasteiger partial charge >= 0.3 is 0 Å². The summed E-state index contributed by atoms with van der Waals surface area (Å²) in [7, 11) is 0.306. The zero-order chi connectivity index (χ0) is 28.2. The lowest BCUT2D eigenvalue weighted by Gasteiger charge is -2.35. The molecule has 0 spiro atoms. The first kappa shape index (κ1) is 29.3. The maximum Gasteiger partial charge on any atom is 0.141 e. The summed E-state index contributed by atoms with van der Waals surface area (Å²) in [5.74, 6) is 5.97. The van der Waals surface area contributed by atoms with Crippen molar-refractivity contribution in [3.8, 4) is 0 Å². The SMILES string of the molecule is C1CCC2C3NC(NC4NC(NC5NC(NC6NC(N3)C3CCCCC63)C3CCCCC53)C3CCCCC43)C2C1.O[SiH3]. The molecule has 238 valence electrons. The molecule has 0 aromatic heterocycles. The van der Waals surface area contributed by atoms with E-state index in [9.17, 15) is 0 Å². The topological polar surface area (TPSA) is 116 Å². The van der Waals surface area contributed by atoms with Gasteiger partial charge < -0.3 is 4.80 Å². The molecule has 0 radical (unpaired) electrons. The highest BCUT2D eigenvalue weighted by Gasteiger charge is 2.54. The van der Waals surface area contributed by atoms with Gasteiger partial charge in [0.15, 0.2) is 0 Å². The average Bonchev–Trinajstić information content (AvgIpc) is 3.78. The van der Waals surface area contributed by atoms with E-state index in [-0.39, 0.29) is 0 Å². The fourth-order valence-electron chi connectivity index (χ4n) is 12.0. The number of rotatable bonds is 0. The minimum Gasteiger partial charge on any atom is -0.442 e. The highest BCUT2D eigenvalue weighted by atomic mass is 28.2. The third-order valence-corrected chi connectivity index (χ3v) is 13.8. The Hall–Kier alpha value is -0.143. The summed E-state index contributed by atoms with van der Waals surface area (Å²) < 4.78 is 0. The van der Waals surface area contributed by atoms with Crippen molar-refractivity contribution in [3.63, 3.8) is 0 Å². The molecule has 4 saturated carbocycles. The molecule has 9 rings (SSSR count). The van der Waals surface area contributed by atoms with Gasteiger partial charge in [0, 0.05) is 0 Å². The maximum absolute atomic E-state index is 7.14. The molecule has 5 aliphatic heterocycles. The normalized spacial score (nSPS) is 55.1. The van der Waals surface area contributed by atoms with Crippen molar-refractivity contribution < 1.29 is 4.80 Å². The Kier molecular flexibility index (Phi) is 8.76. The molecule has 8 unspecified atom stereocenters. The third kappa shape index (κ3) is 5.17. The second-order valence-corrected chi connectivity index (χ2v) is 15.6. The molecule has 9 nitrogen and oxygen atoms in total. The van der Waals surface area contributed by atoms with Gasteiger partial charge in [0.2, 0.25) is 0 Å². The van der Waals surface area contributed by atoms with Crippen molar-refractivity contribution >= 4 is 10.5 Å². The van der Waals surface area contributed by atoms with Crippen LogP contribution in [0, 0.1) is 47.3 Å². The Morgan fingerprint density at radius 3 is 0.500 bits per heavy atom. The van der Waals surface area contributed by atoms with Gasteiger partial charge in [0.1, 0.15) is 10.5 Å². The van der Waals surface area contributed by atoms with E-state index < -0.39 is 0 Å². The summed E-state index contributed by atoms with van der Waals surface area (Å²) in [6.07, 6.45) is 25.6. The first-order valence-corrected chi connectivity index (χ1v) is 19.2. The van der Waals surface area contributed by atoms with Gasteiger partial charge in [0.05, 0.1) is 49.3 Å². The van der Waals surface area contributed by atoms with Crippen LogP contribution in [0.5, 0.6) is 0 Å². The number of fused-ring (bicyclic) bond motifs is 20. The number of nitrogens with one attached hydrogen (secondary N) is 8. The van der Waals surface area contributed by atoms with Crippen LogP contribution in [0.1, 0.15) is 103 Å². The van der Waals surface area contributed by atoms with E-state index in [0.29, 0.717) is 59.8 Å². The van der Waals surface area contributed by atoms with Gasteiger partial charge in [-0.2, -0.15) is 0 Å². The quantitative estimate of drug-likeness (QED) is 0.187. The lowest BCUT2D eigenvalue weighted by atomic mass is 9.76. The van der Waals surface area contributed by atoms with Crippen LogP contribution < -0.4 is 42.5 Å². The predicted molar refractivity (Wildman–Crippen MR) is 169 cm³/mol. The zero-order valence-electron chi connectivity index (χ0n) is 26.0. The first-order chi connectivity index (χ1) is 20.8. The molecule has 9 N–H and O–H groups in total. The second kappa shape index (κ2) is 12.6. The van der Waals surface area contributed by atoms with Crippen molar-refractivity contribution in [2.75, 3.05) is 0 Å². The van der Waals surface area contributed by atoms with Crippen molar-refractivity contribution in [3.05, 3.63) is 0 Å². The van der Waals surface area contributed by atoms with E-state index in [1.165, 1.54) is 103 Å². The zero-order valence-corrected chi connectivity index (χ0v) is 28.0. The van der Waals surface area contributed by atoms with Gasteiger partial charge in [0.25, 0.3) is 0 Å².